The first kappa shape index (κ1) is 14.9. The van der Waals surface area contributed by atoms with Gasteiger partial charge in [0.15, 0.2) is 10.8 Å². The molecule has 5 nitrogen and oxygen atoms in total. The van der Waals surface area contributed by atoms with Gasteiger partial charge in [-0.25, -0.2) is 9.78 Å². The second kappa shape index (κ2) is 6.70. The zero-order valence-electron chi connectivity index (χ0n) is 11.4. The van der Waals surface area contributed by atoms with Gasteiger partial charge >= 0.3 is 5.97 Å². The second-order valence-corrected chi connectivity index (χ2v) is 5.62. The minimum atomic E-state index is -0.945. The highest BCUT2D eigenvalue weighted by Gasteiger charge is 2.17. The molecule has 6 heteroatoms. The summed E-state index contributed by atoms with van der Waals surface area (Å²) in [6, 6.07) is 0. The van der Waals surface area contributed by atoms with E-state index in [1.165, 1.54) is 11.3 Å². The van der Waals surface area contributed by atoms with E-state index in [0.29, 0.717) is 0 Å². The van der Waals surface area contributed by atoms with Crippen LogP contribution in [0.3, 0.4) is 0 Å². The summed E-state index contributed by atoms with van der Waals surface area (Å²) in [6.45, 7) is 6.64. The largest absolute Gasteiger partial charge is 0.476 e. The Bertz CT molecular complexity index is 404. The Balaban J connectivity index is 2.70. The molecule has 0 unspecified atom stereocenters. The van der Waals surface area contributed by atoms with Crippen LogP contribution < -0.4 is 4.90 Å². The highest BCUT2D eigenvalue weighted by molar-refractivity contribution is 7.15. The maximum absolute atomic E-state index is 11.0. The summed E-state index contributed by atoms with van der Waals surface area (Å²) in [7, 11) is 4.10. The first-order valence-corrected chi connectivity index (χ1v) is 6.87. The van der Waals surface area contributed by atoms with Crippen LogP contribution in [0.4, 0.5) is 5.13 Å². The molecule has 1 heterocycles. The topological polar surface area (TPSA) is 56.7 Å². The van der Waals surface area contributed by atoms with E-state index in [9.17, 15) is 4.79 Å². The van der Waals surface area contributed by atoms with Crippen molar-refractivity contribution in [1.29, 1.82) is 0 Å². The Morgan fingerprint density at radius 3 is 2.50 bits per heavy atom. The van der Waals surface area contributed by atoms with Gasteiger partial charge in [0.1, 0.15) is 0 Å². The van der Waals surface area contributed by atoms with Gasteiger partial charge in [-0.05, 0) is 40.9 Å². The summed E-state index contributed by atoms with van der Waals surface area (Å²) >= 11 is 1.45. The molecule has 0 amide bonds. The van der Waals surface area contributed by atoms with Crippen LogP contribution in [-0.2, 0) is 0 Å². The van der Waals surface area contributed by atoms with Crippen LogP contribution in [0.5, 0.6) is 0 Å². The number of nitrogens with zero attached hydrogens (tertiary/aromatic N) is 3. The molecule has 0 aliphatic carbocycles. The molecule has 0 saturated heterocycles. The zero-order valence-corrected chi connectivity index (χ0v) is 12.3. The van der Waals surface area contributed by atoms with Crippen LogP contribution in [0.2, 0.25) is 0 Å². The lowest BCUT2D eigenvalue weighted by Gasteiger charge is -2.20. The Morgan fingerprint density at radius 1 is 1.39 bits per heavy atom. The maximum Gasteiger partial charge on any atom is 0.355 e. The van der Waals surface area contributed by atoms with Crippen molar-refractivity contribution in [3.8, 4) is 0 Å². The van der Waals surface area contributed by atoms with Crippen molar-refractivity contribution in [3.63, 3.8) is 0 Å². The SMILES string of the molecule is CCN(CCCN(C)C)c1nc(C(=O)O)c(C)s1. The average molecular weight is 271 g/mol. The number of carboxylic acid groups (broad SMARTS) is 1. The lowest BCUT2D eigenvalue weighted by molar-refractivity contribution is 0.0690. The molecule has 102 valence electrons. The molecule has 0 radical (unpaired) electrons. The molecular weight excluding hydrogens is 250 g/mol. The molecule has 1 rings (SSSR count). The number of aromatic carboxylic acids is 1. The van der Waals surface area contributed by atoms with E-state index < -0.39 is 5.97 Å². The predicted molar refractivity (Wildman–Crippen MR) is 74.9 cm³/mol. The quantitative estimate of drug-likeness (QED) is 0.821. The van der Waals surface area contributed by atoms with E-state index in [-0.39, 0.29) is 5.69 Å². The molecule has 0 aromatic carbocycles. The van der Waals surface area contributed by atoms with Gasteiger partial charge in [-0.3, -0.25) is 0 Å². The molecule has 1 aromatic rings. The first-order valence-electron chi connectivity index (χ1n) is 6.06. The van der Waals surface area contributed by atoms with Crippen molar-refractivity contribution in [2.24, 2.45) is 0 Å². The van der Waals surface area contributed by atoms with Gasteiger partial charge in [0.25, 0.3) is 0 Å². The van der Waals surface area contributed by atoms with E-state index >= 15 is 0 Å². The van der Waals surface area contributed by atoms with Crippen LogP contribution in [0, 0.1) is 6.92 Å². The summed E-state index contributed by atoms with van der Waals surface area (Å²) in [6.07, 6.45) is 1.04. The van der Waals surface area contributed by atoms with E-state index in [0.717, 1.165) is 36.1 Å². The molecule has 0 atom stereocenters. The molecule has 1 aromatic heterocycles. The minimum Gasteiger partial charge on any atom is -0.476 e. The summed E-state index contributed by atoms with van der Waals surface area (Å²) < 4.78 is 0. The fourth-order valence-corrected chi connectivity index (χ4v) is 2.67. The Hall–Kier alpha value is -1.14. The third-order valence-electron chi connectivity index (χ3n) is 2.67. The van der Waals surface area contributed by atoms with Crippen molar-refractivity contribution in [3.05, 3.63) is 10.6 Å². The number of carboxylic acids is 1. The van der Waals surface area contributed by atoms with Gasteiger partial charge in [0, 0.05) is 18.0 Å². The van der Waals surface area contributed by atoms with Crippen LogP contribution in [0.25, 0.3) is 0 Å². The maximum atomic E-state index is 11.0. The van der Waals surface area contributed by atoms with Gasteiger partial charge < -0.3 is 14.9 Å². The summed E-state index contributed by atoms with van der Waals surface area (Å²) in [4.78, 5) is 20.2. The molecule has 0 fully saturated rings. The summed E-state index contributed by atoms with van der Waals surface area (Å²) in [5.74, 6) is -0.945. The van der Waals surface area contributed by atoms with Crippen LogP contribution >= 0.6 is 11.3 Å². The third-order valence-corrected chi connectivity index (χ3v) is 3.71. The molecule has 18 heavy (non-hydrogen) atoms. The number of aromatic nitrogens is 1. The summed E-state index contributed by atoms with van der Waals surface area (Å²) in [5.41, 5.74) is 0.182. The number of thiazole rings is 1. The van der Waals surface area contributed by atoms with Gasteiger partial charge in [0.05, 0.1) is 0 Å². The van der Waals surface area contributed by atoms with Gasteiger partial charge in [-0.1, -0.05) is 0 Å². The number of anilines is 1. The van der Waals surface area contributed by atoms with Crippen molar-refractivity contribution in [1.82, 2.24) is 9.88 Å². The first-order chi connectivity index (χ1) is 8.45. The standard InChI is InChI=1S/C12H21N3O2S/c1-5-15(8-6-7-14(3)4)12-13-10(11(16)17)9(2)18-12/h5-8H2,1-4H3,(H,16,17). The highest BCUT2D eigenvalue weighted by atomic mass is 32.1. The van der Waals surface area contributed by atoms with Gasteiger partial charge in [-0.15, -0.1) is 11.3 Å². The smallest absolute Gasteiger partial charge is 0.355 e. The molecule has 0 spiro atoms. The zero-order chi connectivity index (χ0) is 13.7. The number of carbonyl (C=O) groups is 1. The van der Waals surface area contributed by atoms with Gasteiger partial charge in [0.2, 0.25) is 0 Å². The van der Waals surface area contributed by atoms with Crippen molar-refractivity contribution >= 4 is 22.4 Å². The summed E-state index contributed by atoms with van der Waals surface area (Å²) in [5, 5.41) is 9.81. The normalized spacial score (nSPS) is 10.9. The molecule has 1 N–H and O–H groups in total. The molecule has 0 aliphatic heterocycles. The lowest BCUT2D eigenvalue weighted by atomic mass is 10.3. The molecule has 0 saturated carbocycles. The average Bonchev–Trinajstić information content (AvgIpc) is 2.66. The fourth-order valence-electron chi connectivity index (χ4n) is 1.68. The lowest BCUT2D eigenvalue weighted by Crippen LogP contribution is -2.27. The Kier molecular flexibility index (Phi) is 5.55. The highest BCUT2D eigenvalue weighted by Crippen LogP contribution is 2.25. The van der Waals surface area contributed by atoms with Crippen LogP contribution in [-0.4, -0.2) is 54.7 Å². The Labute approximate surface area is 112 Å². The molecule has 0 aliphatic rings. The number of hydrogen-bond donors (Lipinski definition) is 1. The van der Waals surface area contributed by atoms with Crippen molar-refractivity contribution in [2.75, 3.05) is 38.6 Å². The minimum absolute atomic E-state index is 0.182. The van der Waals surface area contributed by atoms with Crippen molar-refractivity contribution in [2.45, 2.75) is 20.3 Å². The van der Waals surface area contributed by atoms with Crippen LogP contribution in [0.1, 0.15) is 28.7 Å². The Morgan fingerprint density at radius 2 is 2.06 bits per heavy atom. The third kappa shape index (κ3) is 3.96. The predicted octanol–water partition coefficient (Wildman–Crippen LogP) is 1.93. The number of aryl methyl sites for hydroxylation is 1. The number of hydrogen-bond acceptors (Lipinski definition) is 5. The van der Waals surface area contributed by atoms with Crippen LogP contribution in [0.15, 0.2) is 0 Å². The number of rotatable bonds is 7. The van der Waals surface area contributed by atoms with E-state index in [4.69, 9.17) is 5.11 Å². The van der Waals surface area contributed by atoms with E-state index in [2.05, 4.69) is 21.7 Å². The van der Waals surface area contributed by atoms with E-state index in [1.807, 2.05) is 14.1 Å². The molecular formula is C12H21N3O2S. The fraction of sp³-hybridized carbons (Fsp3) is 0.667. The van der Waals surface area contributed by atoms with E-state index in [1.54, 1.807) is 6.92 Å². The van der Waals surface area contributed by atoms with Crippen molar-refractivity contribution < 1.29 is 9.90 Å². The molecule has 0 bridgehead atoms. The second-order valence-electron chi connectivity index (χ2n) is 4.44. The monoisotopic (exact) mass is 271 g/mol. The van der Waals surface area contributed by atoms with Gasteiger partial charge in [-0.2, -0.15) is 0 Å².